The molecule has 1 unspecified atom stereocenters. The Labute approximate surface area is 162 Å². The van der Waals surface area contributed by atoms with Gasteiger partial charge in [0.2, 0.25) is 11.8 Å². The van der Waals surface area contributed by atoms with Crippen LogP contribution in [0.2, 0.25) is 0 Å². The highest BCUT2D eigenvalue weighted by Crippen LogP contribution is 2.34. The SMILES string of the molecule is CCOc1ccc(NC(=O)CC2SC(=N)N(c3ccccc3C)C2=O)cc1. The Hall–Kier alpha value is -2.80. The van der Waals surface area contributed by atoms with E-state index in [2.05, 4.69) is 5.32 Å². The molecule has 0 saturated carbocycles. The molecule has 1 aliphatic heterocycles. The van der Waals surface area contributed by atoms with E-state index in [1.165, 1.54) is 4.90 Å². The molecular weight excluding hydrogens is 362 g/mol. The first kappa shape index (κ1) is 19.0. The van der Waals surface area contributed by atoms with Gasteiger partial charge < -0.3 is 10.1 Å². The van der Waals surface area contributed by atoms with Crippen LogP contribution in [-0.2, 0) is 9.59 Å². The third-order valence-corrected chi connectivity index (χ3v) is 5.19. The lowest BCUT2D eigenvalue weighted by atomic mass is 10.1. The van der Waals surface area contributed by atoms with Crippen LogP contribution in [0.5, 0.6) is 5.75 Å². The fourth-order valence-electron chi connectivity index (χ4n) is 2.83. The Morgan fingerprint density at radius 2 is 1.93 bits per heavy atom. The molecule has 1 atom stereocenters. The van der Waals surface area contributed by atoms with E-state index in [0.29, 0.717) is 18.0 Å². The quantitative estimate of drug-likeness (QED) is 0.795. The highest BCUT2D eigenvalue weighted by molar-refractivity contribution is 8.16. The number of anilines is 2. The third kappa shape index (κ3) is 4.31. The van der Waals surface area contributed by atoms with E-state index in [-0.39, 0.29) is 23.4 Å². The zero-order chi connectivity index (χ0) is 19.4. The summed E-state index contributed by atoms with van der Waals surface area (Å²) < 4.78 is 5.37. The number of carbonyl (C=O) groups excluding carboxylic acids is 2. The minimum atomic E-state index is -0.597. The van der Waals surface area contributed by atoms with Crippen molar-refractivity contribution in [1.82, 2.24) is 0 Å². The number of carbonyl (C=O) groups is 2. The molecule has 1 aliphatic rings. The molecule has 1 fully saturated rings. The molecule has 2 N–H and O–H groups in total. The van der Waals surface area contributed by atoms with Gasteiger partial charge in [0.15, 0.2) is 5.17 Å². The van der Waals surface area contributed by atoms with Crippen molar-refractivity contribution < 1.29 is 14.3 Å². The Morgan fingerprint density at radius 3 is 2.59 bits per heavy atom. The number of ether oxygens (including phenoxy) is 1. The summed E-state index contributed by atoms with van der Waals surface area (Å²) in [6.45, 7) is 4.38. The van der Waals surface area contributed by atoms with E-state index in [1.54, 1.807) is 24.3 Å². The van der Waals surface area contributed by atoms with Gasteiger partial charge in [-0.25, -0.2) is 0 Å². The van der Waals surface area contributed by atoms with Gasteiger partial charge >= 0.3 is 0 Å². The van der Waals surface area contributed by atoms with Gasteiger partial charge in [0.25, 0.3) is 0 Å². The largest absolute Gasteiger partial charge is 0.494 e. The van der Waals surface area contributed by atoms with Crippen LogP contribution >= 0.6 is 11.8 Å². The summed E-state index contributed by atoms with van der Waals surface area (Å²) in [7, 11) is 0. The molecule has 1 saturated heterocycles. The van der Waals surface area contributed by atoms with Gasteiger partial charge in [-0.2, -0.15) is 0 Å². The van der Waals surface area contributed by atoms with Crippen molar-refractivity contribution in [1.29, 1.82) is 5.41 Å². The van der Waals surface area contributed by atoms with Crippen LogP contribution < -0.4 is 15.0 Å². The lowest BCUT2D eigenvalue weighted by molar-refractivity contribution is -0.121. The lowest BCUT2D eigenvalue weighted by Gasteiger charge is -2.17. The van der Waals surface area contributed by atoms with Crippen LogP contribution in [0.25, 0.3) is 0 Å². The molecule has 27 heavy (non-hydrogen) atoms. The Balaban J connectivity index is 1.64. The molecule has 2 aromatic rings. The number of amidine groups is 1. The summed E-state index contributed by atoms with van der Waals surface area (Å²) in [5.74, 6) is 0.241. The Kier molecular flexibility index (Phi) is 5.81. The summed E-state index contributed by atoms with van der Waals surface area (Å²) in [5, 5.41) is 10.5. The predicted molar refractivity (Wildman–Crippen MR) is 109 cm³/mol. The van der Waals surface area contributed by atoms with Crippen molar-refractivity contribution in [3.05, 3.63) is 54.1 Å². The summed E-state index contributed by atoms with van der Waals surface area (Å²) in [4.78, 5) is 26.5. The van der Waals surface area contributed by atoms with Gasteiger partial charge in [0.05, 0.1) is 12.3 Å². The first-order valence-electron chi connectivity index (χ1n) is 8.67. The topological polar surface area (TPSA) is 82.5 Å². The molecule has 6 nitrogen and oxygen atoms in total. The van der Waals surface area contributed by atoms with E-state index in [0.717, 1.165) is 23.1 Å². The number of benzene rings is 2. The Morgan fingerprint density at radius 1 is 1.22 bits per heavy atom. The zero-order valence-corrected chi connectivity index (χ0v) is 16.0. The van der Waals surface area contributed by atoms with Gasteiger partial charge in [0, 0.05) is 12.1 Å². The molecule has 140 valence electrons. The number of hydrogen-bond donors (Lipinski definition) is 2. The fraction of sp³-hybridized carbons (Fsp3) is 0.250. The predicted octanol–water partition coefficient (Wildman–Crippen LogP) is 3.81. The molecule has 0 radical (unpaired) electrons. The fourth-order valence-corrected chi connectivity index (χ4v) is 3.84. The number of amides is 2. The average Bonchev–Trinajstić information content (AvgIpc) is 2.91. The maximum absolute atomic E-state index is 12.7. The number of hydrogen-bond acceptors (Lipinski definition) is 5. The molecule has 2 aromatic carbocycles. The first-order chi connectivity index (χ1) is 13.0. The second-order valence-corrected chi connectivity index (χ2v) is 7.27. The number of para-hydroxylation sites is 1. The molecule has 2 amide bonds. The number of thioether (sulfide) groups is 1. The average molecular weight is 383 g/mol. The third-order valence-electron chi connectivity index (χ3n) is 4.13. The maximum atomic E-state index is 12.7. The number of aryl methyl sites for hydroxylation is 1. The summed E-state index contributed by atoms with van der Waals surface area (Å²) >= 11 is 1.11. The van der Waals surface area contributed by atoms with Crippen molar-refractivity contribution in [2.45, 2.75) is 25.5 Å². The van der Waals surface area contributed by atoms with E-state index < -0.39 is 5.25 Å². The van der Waals surface area contributed by atoms with Crippen molar-refractivity contribution in [3.8, 4) is 5.75 Å². The van der Waals surface area contributed by atoms with Gasteiger partial charge in [-0.3, -0.25) is 19.9 Å². The first-order valence-corrected chi connectivity index (χ1v) is 9.55. The highest BCUT2D eigenvalue weighted by Gasteiger charge is 2.39. The number of rotatable bonds is 6. The highest BCUT2D eigenvalue weighted by atomic mass is 32.2. The van der Waals surface area contributed by atoms with Gasteiger partial charge in [-0.1, -0.05) is 30.0 Å². The minimum Gasteiger partial charge on any atom is -0.494 e. The van der Waals surface area contributed by atoms with E-state index in [1.807, 2.05) is 38.1 Å². The van der Waals surface area contributed by atoms with Crippen molar-refractivity contribution in [2.24, 2.45) is 0 Å². The standard InChI is InChI=1S/C20H21N3O3S/c1-3-26-15-10-8-14(9-11-15)22-18(24)12-17-19(25)23(20(21)27-17)16-7-5-4-6-13(16)2/h4-11,17,21H,3,12H2,1-2H3,(H,22,24). The van der Waals surface area contributed by atoms with Crippen LogP contribution in [0.3, 0.4) is 0 Å². The summed E-state index contributed by atoms with van der Waals surface area (Å²) in [6, 6.07) is 14.5. The number of nitrogens with zero attached hydrogens (tertiary/aromatic N) is 1. The monoisotopic (exact) mass is 383 g/mol. The molecule has 7 heteroatoms. The molecule has 3 rings (SSSR count). The molecular formula is C20H21N3O3S. The molecule has 0 aromatic heterocycles. The van der Waals surface area contributed by atoms with Gasteiger partial charge in [-0.15, -0.1) is 0 Å². The Bertz CT molecular complexity index is 867. The normalized spacial score (nSPS) is 16.5. The van der Waals surface area contributed by atoms with Gasteiger partial charge in [-0.05, 0) is 49.7 Å². The van der Waals surface area contributed by atoms with Crippen molar-refractivity contribution >= 4 is 40.1 Å². The van der Waals surface area contributed by atoms with Crippen LogP contribution in [0.1, 0.15) is 18.9 Å². The smallest absolute Gasteiger partial charge is 0.247 e. The minimum absolute atomic E-state index is 0.0153. The maximum Gasteiger partial charge on any atom is 0.247 e. The van der Waals surface area contributed by atoms with E-state index in [9.17, 15) is 9.59 Å². The van der Waals surface area contributed by atoms with Gasteiger partial charge in [0.1, 0.15) is 11.0 Å². The van der Waals surface area contributed by atoms with E-state index in [4.69, 9.17) is 10.1 Å². The summed E-state index contributed by atoms with van der Waals surface area (Å²) in [5.41, 5.74) is 2.25. The van der Waals surface area contributed by atoms with E-state index >= 15 is 0 Å². The molecule has 1 heterocycles. The van der Waals surface area contributed by atoms with Crippen LogP contribution in [0.15, 0.2) is 48.5 Å². The van der Waals surface area contributed by atoms with Crippen molar-refractivity contribution in [2.75, 3.05) is 16.8 Å². The summed E-state index contributed by atoms with van der Waals surface area (Å²) in [6.07, 6.45) is 0.0153. The lowest BCUT2D eigenvalue weighted by Crippen LogP contribution is -2.33. The zero-order valence-electron chi connectivity index (χ0n) is 15.2. The van der Waals surface area contributed by atoms with Crippen molar-refractivity contribution in [3.63, 3.8) is 0 Å². The molecule has 0 aliphatic carbocycles. The van der Waals surface area contributed by atoms with Crippen LogP contribution in [0.4, 0.5) is 11.4 Å². The second-order valence-electron chi connectivity index (χ2n) is 6.08. The van der Waals surface area contributed by atoms with Crippen LogP contribution in [0, 0.1) is 12.3 Å². The number of nitrogens with one attached hydrogen (secondary N) is 2. The molecule has 0 bridgehead atoms. The molecule has 0 spiro atoms. The van der Waals surface area contributed by atoms with Crippen LogP contribution in [-0.4, -0.2) is 28.8 Å². The second kappa shape index (κ2) is 8.26.